The zero-order valence-electron chi connectivity index (χ0n) is 71.7. The Bertz CT molecular complexity index is 4230. The summed E-state index contributed by atoms with van der Waals surface area (Å²) in [6.45, 7) is 8.78. The van der Waals surface area contributed by atoms with Gasteiger partial charge in [0.1, 0.15) is 84.6 Å². The van der Waals surface area contributed by atoms with Crippen molar-refractivity contribution >= 4 is 110 Å². The van der Waals surface area contributed by atoms with E-state index >= 15 is 24.0 Å². The Kier molecular flexibility index (Phi) is 40.9. The number of carbonyl (C=O) groups is 14. The van der Waals surface area contributed by atoms with E-state index in [4.69, 9.17) is 40.1 Å². The first-order chi connectivity index (χ1) is 58.9. The number of nitrogens with one attached hydrogen (secondary N) is 14. The molecule has 3 aliphatic heterocycles. The third-order valence-corrected chi connectivity index (χ3v) is 22.5. The third kappa shape index (κ3) is 30.3. The Hall–Kier alpha value is -10.9. The smallest absolute Gasteiger partial charge is 0.246 e. The van der Waals surface area contributed by atoms with Gasteiger partial charge in [-0.05, 0) is 224 Å². The molecule has 3 aliphatic rings. The number of aliphatic imine (C=N–C) groups is 1. The van der Waals surface area contributed by atoms with E-state index in [1.807, 2.05) is 6.07 Å². The third-order valence-electron chi connectivity index (χ3n) is 22.5. The second-order valence-electron chi connectivity index (χ2n) is 32.7. The predicted molar refractivity (Wildman–Crippen MR) is 464 cm³/mol. The Labute approximate surface area is 718 Å². The highest BCUT2D eigenvalue weighted by Crippen LogP contribution is 2.28. The van der Waals surface area contributed by atoms with E-state index in [0.29, 0.717) is 110 Å². The Balaban J connectivity index is 1.29. The van der Waals surface area contributed by atoms with Gasteiger partial charge in [-0.15, -0.1) is 0 Å². The van der Waals surface area contributed by atoms with Crippen LogP contribution in [-0.4, -0.2) is 257 Å². The largest absolute Gasteiger partial charge is 0.391 e. The van der Waals surface area contributed by atoms with Crippen LogP contribution in [0.15, 0.2) is 65.9 Å². The molecule has 0 bridgehead atoms. The highest BCUT2D eigenvalue weighted by molar-refractivity contribution is 6.02. The molecule has 3 saturated heterocycles. The van der Waals surface area contributed by atoms with Crippen LogP contribution in [0.5, 0.6) is 0 Å². The molecular formula is C84H134N24O15. The van der Waals surface area contributed by atoms with Gasteiger partial charge in [-0.25, -0.2) is 0 Å². The molecule has 15 atom stereocenters. The summed E-state index contributed by atoms with van der Waals surface area (Å²) in [5, 5.41) is 45.8. The quantitative estimate of drug-likeness (QED) is 0.0140. The Morgan fingerprint density at radius 1 is 0.390 bits per heavy atom. The van der Waals surface area contributed by atoms with Gasteiger partial charge >= 0.3 is 0 Å². The number of aromatic nitrogens is 2. The number of aromatic amines is 2. The van der Waals surface area contributed by atoms with Crippen molar-refractivity contribution in [3.63, 3.8) is 0 Å². The summed E-state index contributed by atoms with van der Waals surface area (Å²) in [6.07, 6.45) is 5.79. The first-order valence-electron chi connectivity index (χ1n) is 43.5. The summed E-state index contributed by atoms with van der Waals surface area (Å²) in [6, 6.07) is -5.14. The van der Waals surface area contributed by atoms with E-state index in [0.717, 1.165) is 0 Å². The molecule has 39 nitrogen and oxygen atoms in total. The van der Waals surface area contributed by atoms with Gasteiger partial charge in [0, 0.05) is 66.7 Å². The number of fused-ring (bicyclic) bond motifs is 4. The number of rotatable bonds is 31. The van der Waals surface area contributed by atoms with Gasteiger partial charge < -0.3 is 129 Å². The maximum Gasteiger partial charge on any atom is 0.246 e. The van der Waals surface area contributed by atoms with Crippen molar-refractivity contribution < 1.29 is 72.2 Å². The molecule has 3 fully saturated rings. The second-order valence-corrected chi connectivity index (χ2v) is 32.7. The maximum atomic E-state index is 15.2. The minimum absolute atomic E-state index is 0.000908. The van der Waals surface area contributed by atoms with Crippen LogP contribution in [0.2, 0.25) is 0 Å². The summed E-state index contributed by atoms with van der Waals surface area (Å²) >= 11 is 0. The van der Waals surface area contributed by atoms with Crippen LogP contribution in [0.4, 0.5) is 0 Å². The molecule has 0 saturated carbocycles. The molecule has 0 unspecified atom stereocenters. The van der Waals surface area contributed by atoms with Crippen molar-refractivity contribution in [1.29, 1.82) is 0 Å². The van der Waals surface area contributed by atoms with Gasteiger partial charge in [0.25, 0.3) is 0 Å². The number of para-hydroxylation sites is 2. The van der Waals surface area contributed by atoms with Crippen LogP contribution in [-0.2, 0) is 80.0 Å². The van der Waals surface area contributed by atoms with Gasteiger partial charge in [-0.3, -0.25) is 72.1 Å². The number of aliphatic hydroxyl groups is 1. The lowest BCUT2D eigenvalue weighted by molar-refractivity contribution is -0.148. The topological polar surface area (TPSA) is 636 Å². The zero-order chi connectivity index (χ0) is 89.8. The number of hydrogen-bond acceptors (Lipinski definition) is 21. The minimum atomic E-state index is -1.75. The first-order valence-corrected chi connectivity index (χ1v) is 43.5. The van der Waals surface area contributed by atoms with Crippen LogP contribution in [0, 0.1) is 5.92 Å². The molecule has 29 N–H and O–H groups in total. The molecule has 0 aliphatic carbocycles. The number of nitrogens with zero attached hydrogens (tertiary/aromatic N) is 3. The summed E-state index contributed by atoms with van der Waals surface area (Å²) in [7, 11) is 0. The fourth-order valence-corrected chi connectivity index (χ4v) is 15.6. The second kappa shape index (κ2) is 50.6. The highest BCUT2D eigenvalue weighted by Gasteiger charge is 2.46. The molecule has 0 spiro atoms. The summed E-state index contributed by atoms with van der Waals surface area (Å²) in [5.74, 6) is -12.0. The Morgan fingerprint density at radius 3 is 1.13 bits per heavy atom. The van der Waals surface area contributed by atoms with Crippen molar-refractivity contribution in [2.75, 3.05) is 52.4 Å². The van der Waals surface area contributed by atoms with E-state index in [2.05, 4.69) is 78.8 Å². The average molecular weight is 1720 g/mol. The number of unbranched alkanes of at least 4 members (excludes halogenated alkanes) is 5. The van der Waals surface area contributed by atoms with E-state index in [-0.39, 0.29) is 141 Å². The number of carbonyl (C=O) groups excluding carboxylic acids is 14. The van der Waals surface area contributed by atoms with E-state index in [1.165, 1.54) is 30.6 Å². The SMILES string of the molecule is CC(C)C[C@@H]1NC(=O)[C@H](Cc2c[nH]c3ccccc23)NC(=O)[C@H]([C@@H](C)O)NC(=O)[C@@H]2CCCN2C(=O)[C@H]2CCCN2C(=O)[C@H](CCCCN)NC(=O)[C@H](C)NC(=O)[C@H](CCCCN)NC(=O)[C@H](CCCCN)NC(=O)[C@H](Cc2c[nH]c3ccccc23)NC(=O)[C@H](CCCN=C(N)N)NC(=O)[C@H](C)NC(=O)[C@H](CCCCN)NC(=O)[C@H](CCCCN)NC1=O. The van der Waals surface area contributed by atoms with Gasteiger partial charge in [0.15, 0.2) is 5.96 Å². The number of nitrogens with two attached hydrogens (primary N) is 7. The van der Waals surface area contributed by atoms with E-state index < -0.39 is 173 Å². The molecular weight excluding hydrogens is 1590 g/mol. The Morgan fingerprint density at radius 2 is 0.724 bits per heavy atom. The molecule has 7 rings (SSSR count). The predicted octanol–water partition coefficient (Wildman–Crippen LogP) is -2.59. The van der Waals surface area contributed by atoms with Crippen LogP contribution in [0.3, 0.4) is 0 Å². The summed E-state index contributed by atoms with van der Waals surface area (Å²) < 4.78 is 0. The normalized spacial score (nSPS) is 25.3. The van der Waals surface area contributed by atoms with Gasteiger partial charge in [-0.2, -0.15) is 0 Å². The van der Waals surface area contributed by atoms with Crippen molar-refractivity contribution in [1.82, 2.24) is 83.6 Å². The zero-order valence-corrected chi connectivity index (χ0v) is 71.7. The minimum Gasteiger partial charge on any atom is -0.391 e. The lowest BCUT2D eigenvalue weighted by Crippen LogP contribution is -2.62. The van der Waals surface area contributed by atoms with Crippen molar-refractivity contribution in [2.24, 2.45) is 51.0 Å². The number of benzene rings is 2. The lowest BCUT2D eigenvalue weighted by atomic mass is 9.99. The highest BCUT2D eigenvalue weighted by atomic mass is 16.3. The van der Waals surface area contributed by atoms with Crippen LogP contribution in [0.25, 0.3) is 21.8 Å². The number of guanidine groups is 1. The molecule has 4 aromatic rings. The average Bonchev–Trinajstić information content (AvgIpc) is 1.68. The van der Waals surface area contributed by atoms with E-state index in [1.54, 1.807) is 68.7 Å². The van der Waals surface area contributed by atoms with Gasteiger partial charge in [0.05, 0.1) is 6.10 Å². The van der Waals surface area contributed by atoms with Crippen molar-refractivity contribution in [3.05, 3.63) is 72.1 Å². The molecule has 14 amide bonds. The monoisotopic (exact) mass is 1720 g/mol. The summed E-state index contributed by atoms with van der Waals surface area (Å²) in [5.41, 5.74) is 43.6. The molecule has 5 heterocycles. The maximum absolute atomic E-state index is 15.2. The lowest BCUT2D eigenvalue weighted by Gasteiger charge is -2.34. The number of H-pyrrole nitrogens is 2. The molecule has 680 valence electrons. The van der Waals surface area contributed by atoms with Crippen molar-refractivity contribution in [2.45, 2.75) is 279 Å². The van der Waals surface area contributed by atoms with Gasteiger partial charge in [-0.1, -0.05) is 50.2 Å². The summed E-state index contributed by atoms with van der Waals surface area (Å²) in [4.78, 5) is 222. The van der Waals surface area contributed by atoms with Crippen LogP contribution < -0.4 is 104 Å². The molecule has 2 aromatic heterocycles. The van der Waals surface area contributed by atoms with Gasteiger partial charge in [0.2, 0.25) is 82.7 Å². The van der Waals surface area contributed by atoms with Crippen molar-refractivity contribution in [3.8, 4) is 0 Å². The van der Waals surface area contributed by atoms with E-state index in [9.17, 15) is 48.3 Å². The molecule has 0 radical (unpaired) electrons. The fraction of sp³-hybridized carbons (Fsp3) is 0.631. The molecule has 39 heteroatoms. The standard InChI is InChI=1S/C84H134N24O15/c1-48(2)43-64-77(117)100-60(29-12-17-37-87)74(114)98-58(27-10-15-35-85)72(112)95-49(3)70(110)97-62(32-20-40-92-84(90)91)76(116)104-65(44-52-46-93-56-25-8-6-23-54(52)56)78(118)101-61(30-13-18-38-88)75(115)99-59(28-11-16-36-86)73(113)96-50(4)71(111)102-63(31-14-19-39-89)82(122)108-42-22-34-68(108)83(123)107-41-21-33-67(107)80(120)106-69(51(5)109)81(121)105-66(79(119)103-64)45-53-47-94-57-26-9-7-24-55(53)57/h6-9,23-26,46-51,58-69,93-94,109H,10-22,27-45,85-89H2,1-5H3,(H,95,112)(H,96,113)(H,97,110)(H,98,114)(H,99,115)(H,100,117)(H,101,118)(H,102,111)(H,103,119)(H,104,116)(H,105,121)(H,106,120)(H4,90,91,92)/t49-,50-,51+,58-,59-,60-,61-,62-,63-,64-,65-,66-,67-,68+,69-/m0/s1. The first kappa shape index (κ1) is 99.2. The number of aliphatic hydroxyl groups excluding tert-OH is 1. The fourth-order valence-electron chi connectivity index (χ4n) is 15.6. The molecule has 2 aromatic carbocycles. The number of hydrogen-bond donors (Lipinski definition) is 22. The molecule has 123 heavy (non-hydrogen) atoms. The van der Waals surface area contributed by atoms with Crippen LogP contribution >= 0.6 is 0 Å². The van der Waals surface area contributed by atoms with Crippen LogP contribution in [0.1, 0.15) is 187 Å². The number of amides is 14.